The number of phenols is 1. The molecule has 0 spiro atoms. The van der Waals surface area contributed by atoms with Gasteiger partial charge < -0.3 is 19.5 Å². The molecule has 4 atom stereocenters. The number of fused-ring (bicyclic) bond motifs is 1. The number of piperidine rings is 1. The second-order valence-corrected chi connectivity index (χ2v) is 7.52. The molecule has 1 aliphatic heterocycles. The minimum Gasteiger partial charge on any atom is -0.504 e. The van der Waals surface area contributed by atoms with Gasteiger partial charge in [-0.3, -0.25) is 4.79 Å². The molecule has 5 heteroatoms. The Morgan fingerprint density at radius 1 is 1.33 bits per heavy atom. The first kappa shape index (κ1) is 15.9. The van der Waals surface area contributed by atoms with Gasteiger partial charge in [0.15, 0.2) is 17.3 Å². The topological polar surface area (TPSA) is 59.0 Å². The maximum Gasteiger partial charge on any atom is 0.162 e. The summed E-state index contributed by atoms with van der Waals surface area (Å²) in [5, 5.41) is 10.9. The number of likely N-dealkylation sites (tertiary alicyclic amines) is 1. The fourth-order valence-corrected chi connectivity index (χ4v) is 5.45. The molecule has 1 N–H and O–H groups in total. The van der Waals surface area contributed by atoms with E-state index >= 15 is 0 Å². The molecule has 2 aliphatic carbocycles. The van der Waals surface area contributed by atoms with Crippen molar-refractivity contribution in [3.63, 3.8) is 0 Å². The van der Waals surface area contributed by atoms with E-state index in [2.05, 4.69) is 18.0 Å². The van der Waals surface area contributed by atoms with Gasteiger partial charge in [-0.1, -0.05) is 6.07 Å². The zero-order valence-corrected chi connectivity index (χ0v) is 14.5. The SMILES string of the molecule is COc1ccc2c(c1O)[C@]13CCN(C)[C@H](C2)[C@@H]1C[C@@H](OC)C(=O)C3. The normalized spacial score (nSPS) is 35.3. The first-order valence-corrected chi connectivity index (χ1v) is 8.67. The third-order valence-corrected chi connectivity index (χ3v) is 6.63. The molecule has 1 aromatic rings. The number of phenolic OH excluding ortho intramolecular Hbond substituents is 1. The number of ether oxygens (including phenoxy) is 2. The number of hydrogen-bond acceptors (Lipinski definition) is 5. The fourth-order valence-electron chi connectivity index (χ4n) is 5.45. The summed E-state index contributed by atoms with van der Waals surface area (Å²) in [7, 11) is 5.36. The summed E-state index contributed by atoms with van der Waals surface area (Å²) in [6.45, 7) is 0.947. The van der Waals surface area contributed by atoms with Crippen molar-refractivity contribution in [1.29, 1.82) is 0 Å². The lowest BCUT2D eigenvalue weighted by Gasteiger charge is -2.58. The number of Topliss-reactive ketones (excluding diaryl/α,β-unsaturated/α-hetero) is 1. The van der Waals surface area contributed by atoms with Gasteiger partial charge in [0.25, 0.3) is 0 Å². The lowest BCUT2D eigenvalue weighted by molar-refractivity contribution is -0.141. The Morgan fingerprint density at radius 3 is 2.83 bits per heavy atom. The van der Waals surface area contributed by atoms with Gasteiger partial charge >= 0.3 is 0 Å². The van der Waals surface area contributed by atoms with Gasteiger partial charge in [0, 0.05) is 30.6 Å². The summed E-state index contributed by atoms with van der Waals surface area (Å²) in [6, 6.07) is 4.29. The van der Waals surface area contributed by atoms with Gasteiger partial charge in [-0.05, 0) is 50.4 Å². The van der Waals surface area contributed by atoms with Gasteiger partial charge in [-0.15, -0.1) is 0 Å². The smallest absolute Gasteiger partial charge is 0.162 e. The minimum absolute atomic E-state index is 0.159. The maximum absolute atomic E-state index is 12.7. The molecule has 5 nitrogen and oxygen atoms in total. The largest absolute Gasteiger partial charge is 0.504 e. The van der Waals surface area contributed by atoms with E-state index in [1.165, 1.54) is 0 Å². The molecule has 24 heavy (non-hydrogen) atoms. The summed E-state index contributed by atoms with van der Waals surface area (Å²) in [4.78, 5) is 15.1. The Bertz CT molecular complexity index is 688. The minimum atomic E-state index is -0.313. The summed E-state index contributed by atoms with van der Waals surface area (Å²) in [6.07, 6.45) is 2.67. The van der Waals surface area contributed by atoms with Crippen molar-refractivity contribution >= 4 is 5.78 Å². The number of nitrogens with zero attached hydrogens (tertiary/aromatic N) is 1. The lowest BCUT2D eigenvalue weighted by atomic mass is 9.51. The van der Waals surface area contributed by atoms with E-state index in [1.807, 2.05) is 6.07 Å². The Balaban J connectivity index is 1.91. The highest BCUT2D eigenvalue weighted by molar-refractivity contribution is 5.86. The zero-order valence-electron chi connectivity index (χ0n) is 14.5. The highest BCUT2D eigenvalue weighted by atomic mass is 16.5. The molecule has 130 valence electrons. The molecule has 3 aliphatic rings. The highest BCUT2D eigenvalue weighted by Crippen LogP contribution is 2.58. The number of carbonyl (C=O) groups excluding carboxylic acids is 1. The molecule has 0 amide bonds. The highest BCUT2D eigenvalue weighted by Gasteiger charge is 2.58. The molecule has 2 bridgehead atoms. The monoisotopic (exact) mass is 331 g/mol. The van der Waals surface area contributed by atoms with Crippen LogP contribution in [0.1, 0.15) is 30.4 Å². The molecule has 1 saturated heterocycles. The van der Waals surface area contributed by atoms with Crippen LogP contribution in [-0.2, 0) is 21.4 Å². The van der Waals surface area contributed by atoms with Crippen LogP contribution in [-0.4, -0.2) is 55.7 Å². The molecule has 1 aromatic carbocycles. The number of methoxy groups -OCH3 is 2. The summed E-state index contributed by atoms with van der Waals surface area (Å²) in [5.41, 5.74) is 1.83. The predicted molar refractivity (Wildman–Crippen MR) is 89.6 cm³/mol. The van der Waals surface area contributed by atoms with Gasteiger partial charge in [0.1, 0.15) is 6.10 Å². The van der Waals surface area contributed by atoms with Crippen molar-refractivity contribution in [1.82, 2.24) is 4.90 Å². The van der Waals surface area contributed by atoms with E-state index in [0.717, 1.165) is 36.9 Å². The van der Waals surface area contributed by atoms with Crippen LogP contribution in [0.15, 0.2) is 12.1 Å². The molecular weight excluding hydrogens is 306 g/mol. The number of rotatable bonds is 2. The van der Waals surface area contributed by atoms with Crippen molar-refractivity contribution in [3.05, 3.63) is 23.3 Å². The second-order valence-electron chi connectivity index (χ2n) is 7.52. The average molecular weight is 331 g/mol. The van der Waals surface area contributed by atoms with E-state index in [9.17, 15) is 9.90 Å². The van der Waals surface area contributed by atoms with Crippen LogP contribution >= 0.6 is 0 Å². The Kier molecular flexibility index (Phi) is 3.62. The predicted octanol–water partition coefficient (Wildman–Crippen LogP) is 1.89. The van der Waals surface area contributed by atoms with Crippen LogP contribution in [0.5, 0.6) is 11.5 Å². The van der Waals surface area contributed by atoms with Crippen LogP contribution < -0.4 is 4.74 Å². The number of ketones is 1. The van der Waals surface area contributed by atoms with E-state index in [4.69, 9.17) is 9.47 Å². The van der Waals surface area contributed by atoms with E-state index < -0.39 is 0 Å². The molecule has 2 fully saturated rings. The number of hydrogen-bond donors (Lipinski definition) is 1. The molecule has 0 unspecified atom stereocenters. The average Bonchev–Trinajstić information content (AvgIpc) is 2.57. The van der Waals surface area contributed by atoms with Crippen molar-refractivity contribution < 1.29 is 19.4 Å². The number of benzene rings is 1. The van der Waals surface area contributed by atoms with Gasteiger partial charge in [0.05, 0.1) is 7.11 Å². The lowest BCUT2D eigenvalue weighted by Crippen LogP contribution is -2.63. The van der Waals surface area contributed by atoms with E-state index in [1.54, 1.807) is 14.2 Å². The molecular formula is C19H25NO4. The van der Waals surface area contributed by atoms with Crippen molar-refractivity contribution in [2.75, 3.05) is 27.8 Å². The van der Waals surface area contributed by atoms with Gasteiger partial charge in [0.2, 0.25) is 0 Å². The second kappa shape index (κ2) is 5.46. The van der Waals surface area contributed by atoms with Crippen molar-refractivity contribution in [2.24, 2.45) is 5.92 Å². The number of aromatic hydroxyl groups is 1. The third-order valence-electron chi connectivity index (χ3n) is 6.63. The number of likely N-dealkylation sites (N-methyl/N-ethyl adjacent to an activating group) is 1. The van der Waals surface area contributed by atoms with Crippen LogP contribution in [0.4, 0.5) is 0 Å². The van der Waals surface area contributed by atoms with Gasteiger partial charge in [-0.25, -0.2) is 0 Å². The van der Waals surface area contributed by atoms with Gasteiger partial charge in [-0.2, -0.15) is 0 Å². The van der Waals surface area contributed by atoms with Crippen LogP contribution in [0, 0.1) is 5.92 Å². The Morgan fingerprint density at radius 2 is 2.12 bits per heavy atom. The van der Waals surface area contributed by atoms with Crippen molar-refractivity contribution in [2.45, 2.75) is 43.2 Å². The third kappa shape index (κ3) is 1.97. The van der Waals surface area contributed by atoms with E-state index in [-0.39, 0.29) is 23.1 Å². The maximum atomic E-state index is 12.7. The Hall–Kier alpha value is -1.59. The molecule has 0 aromatic heterocycles. The molecule has 0 radical (unpaired) electrons. The Labute approximate surface area is 142 Å². The quantitative estimate of drug-likeness (QED) is 0.897. The first-order chi connectivity index (χ1) is 11.5. The van der Waals surface area contributed by atoms with Crippen LogP contribution in [0.3, 0.4) is 0 Å². The molecule has 1 saturated carbocycles. The standard InChI is InChI=1S/C19H25NO4/c1-20-7-6-19-10-14(21)16(24-3)9-12(19)13(20)8-11-4-5-15(23-2)18(22)17(11)19/h4-5,12-13,16,22H,6-10H2,1-3H3/t12-,13+,16+,19-/m0/s1. The summed E-state index contributed by atoms with van der Waals surface area (Å²) >= 11 is 0. The van der Waals surface area contributed by atoms with E-state index in [0.29, 0.717) is 24.1 Å². The zero-order chi connectivity index (χ0) is 17.1. The van der Waals surface area contributed by atoms with Crippen LogP contribution in [0.2, 0.25) is 0 Å². The van der Waals surface area contributed by atoms with Crippen molar-refractivity contribution in [3.8, 4) is 11.5 Å². The van der Waals surface area contributed by atoms with Crippen LogP contribution in [0.25, 0.3) is 0 Å². The number of carbonyl (C=O) groups is 1. The molecule has 1 heterocycles. The summed E-state index contributed by atoms with van der Waals surface area (Å²) < 4.78 is 10.8. The first-order valence-electron chi connectivity index (χ1n) is 8.67. The molecule has 4 rings (SSSR count). The summed E-state index contributed by atoms with van der Waals surface area (Å²) in [5.74, 6) is 1.21. The fraction of sp³-hybridized carbons (Fsp3) is 0.632.